The number of carboxylic acid groups (broad SMARTS) is 1. The van der Waals surface area contributed by atoms with Crippen LogP contribution in [0.2, 0.25) is 0 Å². The lowest BCUT2D eigenvalue weighted by Gasteiger charge is -2.08. The van der Waals surface area contributed by atoms with Crippen molar-refractivity contribution in [2.24, 2.45) is 7.05 Å². The van der Waals surface area contributed by atoms with Gasteiger partial charge < -0.3 is 14.7 Å². The molecule has 0 spiro atoms. The molecule has 0 radical (unpaired) electrons. The number of aromatic amines is 1. The van der Waals surface area contributed by atoms with Crippen LogP contribution in [0.5, 0.6) is 0 Å². The van der Waals surface area contributed by atoms with Gasteiger partial charge in [0.15, 0.2) is 10.5 Å². The van der Waals surface area contributed by atoms with Gasteiger partial charge >= 0.3 is 12.1 Å². The number of rotatable bonds is 2. The third-order valence-electron chi connectivity index (χ3n) is 2.81. The number of H-pyrrole nitrogens is 1. The van der Waals surface area contributed by atoms with Crippen LogP contribution in [0.4, 0.5) is 13.2 Å². The number of halogens is 3. The van der Waals surface area contributed by atoms with Gasteiger partial charge in [-0.3, -0.25) is 0 Å². The van der Waals surface area contributed by atoms with E-state index in [0.29, 0.717) is 5.56 Å². The van der Waals surface area contributed by atoms with Crippen LogP contribution in [0.15, 0.2) is 24.3 Å². The largest absolute Gasteiger partial charge is 0.477 e. The number of carbonyl (C=O) groups is 1. The van der Waals surface area contributed by atoms with Crippen LogP contribution < -0.4 is 0 Å². The van der Waals surface area contributed by atoms with Gasteiger partial charge in [0.2, 0.25) is 0 Å². The number of aromatic carboxylic acids is 1. The number of alkyl halides is 3. The molecule has 8 heteroatoms. The topological polar surface area (TPSA) is 58.0 Å². The molecule has 2 aromatic rings. The van der Waals surface area contributed by atoms with Gasteiger partial charge in [-0.05, 0) is 24.4 Å². The highest BCUT2D eigenvalue weighted by Crippen LogP contribution is 2.31. The number of nitrogens with one attached hydrogen (secondary N) is 1. The predicted octanol–water partition coefficient (Wildman–Crippen LogP) is 3.47. The summed E-state index contributed by atoms with van der Waals surface area (Å²) in [5.41, 5.74) is -0.381. The molecule has 0 saturated heterocycles. The van der Waals surface area contributed by atoms with Crippen LogP contribution >= 0.6 is 12.2 Å². The third kappa shape index (κ3) is 2.46. The lowest BCUT2D eigenvalue weighted by molar-refractivity contribution is -0.137. The molecule has 0 saturated carbocycles. The molecule has 0 aliphatic heterocycles. The maximum absolute atomic E-state index is 12.5. The molecule has 1 heterocycles. The average Bonchev–Trinajstić information content (AvgIpc) is 2.65. The van der Waals surface area contributed by atoms with Crippen molar-refractivity contribution in [3.05, 3.63) is 40.3 Å². The van der Waals surface area contributed by atoms with Gasteiger partial charge in [0.05, 0.1) is 11.3 Å². The summed E-state index contributed by atoms with van der Waals surface area (Å²) in [5.74, 6) is -1.23. The first-order valence-electron chi connectivity index (χ1n) is 5.41. The van der Waals surface area contributed by atoms with Gasteiger partial charge in [0, 0.05) is 12.6 Å². The minimum atomic E-state index is -4.43. The minimum absolute atomic E-state index is 0.155. The number of imidazole rings is 1. The Morgan fingerprint density at radius 2 is 1.85 bits per heavy atom. The molecule has 0 amide bonds. The Hall–Kier alpha value is -2.09. The predicted molar refractivity (Wildman–Crippen MR) is 68.0 cm³/mol. The summed E-state index contributed by atoms with van der Waals surface area (Å²) in [6.07, 6.45) is -4.43. The summed E-state index contributed by atoms with van der Waals surface area (Å²) in [5, 5.41) is 9.08. The number of carboxylic acids is 1. The molecule has 1 aromatic heterocycles. The lowest BCUT2D eigenvalue weighted by atomic mass is 10.1. The summed E-state index contributed by atoms with van der Waals surface area (Å²) in [4.78, 5) is 13.6. The van der Waals surface area contributed by atoms with Crippen molar-refractivity contribution in [2.75, 3.05) is 0 Å². The summed E-state index contributed by atoms with van der Waals surface area (Å²) < 4.78 is 39.1. The molecule has 2 N–H and O–H groups in total. The fourth-order valence-electron chi connectivity index (χ4n) is 1.83. The van der Waals surface area contributed by atoms with Crippen molar-refractivity contribution in [3.8, 4) is 11.3 Å². The fourth-order valence-corrected chi connectivity index (χ4v) is 2.02. The van der Waals surface area contributed by atoms with E-state index >= 15 is 0 Å². The second kappa shape index (κ2) is 4.78. The molecule has 0 fully saturated rings. The average molecular weight is 302 g/mol. The van der Waals surface area contributed by atoms with Crippen molar-refractivity contribution in [1.82, 2.24) is 9.55 Å². The van der Waals surface area contributed by atoms with E-state index in [1.165, 1.54) is 23.7 Å². The zero-order valence-electron chi connectivity index (χ0n) is 10.2. The van der Waals surface area contributed by atoms with E-state index in [1.807, 2.05) is 0 Å². The minimum Gasteiger partial charge on any atom is -0.477 e. The Balaban J connectivity index is 2.58. The van der Waals surface area contributed by atoms with Gasteiger partial charge in [-0.2, -0.15) is 13.2 Å². The smallest absolute Gasteiger partial charge is 0.416 e. The Kier molecular flexibility index (Phi) is 3.43. The number of hydrogen-bond donors (Lipinski definition) is 2. The zero-order valence-corrected chi connectivity index (χ0v) is 11.0. The first-order valence-corrected chi connectivity index (χ1v) is 5.82. The van der Waals surface area contributed by atoms with Gasteiger partial charge in [-0.25, -0.2) is 4.79 Å². The first kappa shape index (κ1) is 14.3. The van der Waals surface area contributed by atoms with E-state index in [-0.39, 0.29) is 16.2 Å². The molecular formula is C12H9F3N2O2S. The van der Waals surface area contributed by atoms with Gasteiger partial charge in [-0.1, -0.05) is 12.1 Å². The summed E-state index contributed by atoms with van der Waals surface area (Å²) in [7, 11) is 1.54. The van der Waals surface area contributed by atoms with Gasteiger partial charge in [0.1, 0.15) is 0 Å². The fraction of sp³-hybridized carbons (Fsp3) is 0.167. The maximum atomic E-state index is 12.5. The Morgan fingerprint density at radius 3 is 2.30 bits per heavy atom. The van der Waals surface area contributed by atoms with E-state index in [2.05, 4.69) is 4.98 Å². The quantitative estimate of drug-likeness (QED) is 0.835. The van der Waals surface area contributed by atoms with E-state index in [9.17, 15) is 18.0 Å². The molecule has 20 heavy (non-hydrogen) atoms. The number of hydrogen-bond acceptors (Lipinski definition) is 2. The van der Waals surface area contributed by atoms with Crippen LogP contribution in [-0.2, 0) is 13.2 Å². The highest BCUT2D eigenvalue weighted by atomic mass is 32.1. The molecule has 0 bridgehead atoms. The number of benzene rings is 1. The number of nitrogens with zero attached hydrogens (tertiary/aromatic N) is 1. The van der Waals surface area contributed by atoms with E-state index < -0.39 is 17.7 Å². The van der Waals surface area contributed by atoms with Gasteiger partial charge in [-0.15, -0.1) is 0 Å². The second-order valence-corrected chi connectivity index (χ2v) is 4.48. The molecule has 0 aliphatic rings. The van der Waals surface area contributed by atoms with Crippen LogP contribution in [0.25, 0.3) is 11.3 Å². The molecular weight excluding hydrogens is 293 g/mol. The highest BCUT2D eigenvalue weighted by Gasteiger charge is 2.30. The standard InChI is InChI=1S/C12H9F3N2O2S/c1-17-9(8(10(18)19)16-11(17)20)6-2-4-7(5-3-6)12(13,14)15/h2-5H,1H3,(H,16,20)(H,18,19). The Morgan fingerprint density at radius 1 is 1.30 bits per heavy atom. The summed E-state index contributed by atoms with van der Waals surface area (Å²) >= 11 is 4.93. The molecule has 106 valence electrons. The normalized spacial score (nSPS) is 11.6. The van der Waals surface area contributed by atoms with Crippen molar-refractivity contribution in [2.45, 2.75) is 6.18 Å². The molecule has 0 atom stereocenters. The molecule has 0 unspecified atom stereocenters. The number of aromatic nitrogens is 2. The van der Waals surface area contributed by atoms with Crippen molar-refractivity contribution in [3.63, 3.8) is 0 Å². The van der Waals surface area contributed by atoms with E-state index in [0.717, 1.165) is 12.1 Å². The summed E-state index contributed by atoms with van der Waals surface area (Å²) in [6.45, 7) is 0. The van der Waals surface area contributed by atoms with Gasteiger partial charge in [0.25, 0.3) is 0 Å². The monoisotopic (exact) mass is 302 g/mol. The summed E-state index contributed by atoms with van der Waals surface area (Å²) in [6, 6.07) is 4.23. The molecule has 1 aromatic carbocycles. The second-order valence-electron chi connectivity index (χ2n) is 4.09. The van der Waals surface area contributed by atoms with Crippen molar-refractivity contribution < 1.29 is 23.1 Å². The first-order chi connectivity index (χ1) is 9.21. The Bertz CT molecular complexity index is 714. The van der Waals surface area contributed by atoms with E-state index in [1.54, 1.807) is 0 Å². The maximum Gasteiger partial charge on any atom is 0.416 e. The molecule has 0 aliphatic carbocycles. The van der Waals surface area contributed by atoms with Crippen LogP contribution in [0, 0.1) is 4.77 Å². The lowest BCUT2D eigenvalue weighted by Crippen LogP contribution is -2.05. The SMILES string of the molecule is Cn1c(-c2ccc(C(F)(F)F)cc2)c(C(=O)O)[nH]c1=S. The van der Waals surface area contributed by atoms with Crippen LogP contribution in [0.3, 0.4) is 0 Å². The Labute approximate surface area is 116 Å². The van der Waals surface area contributed by atoms with E-state index in [4.69, 9.17) is 17.3 Å². The van der Waals surface area contributed by atoms with Crippen LogP contribution in [-0.4, -0.2) is 20.6 Å². The van der Waals surface area contributed by atoms with Crippen molar-refractivity contribution >= 4 is 18.2 Å². The highest BCUT2D eigenvalue weighted by molar-refractivity contribution is 7.71. The van der Waals surface area contributed by atoms with Crippen LogP contribution in [0.1, 0.15) is 16.1 Å². The third-order valence-corrected chi connectivity index (χ3v) is 3.18. The molecule has 4 nitrogen and oxygen atoms in total. The van der Waals surface area contributed by atoms with Crippen molar-refractivity contribution in [1.29, 1.82) is 0 Å². The zero-order chi connectivity index (χ0) is 15.1. The molecule has 2 rings (SSSR count).